The van der Waals surface area contributed by atoms with Crippen LogP contribution in [0.4, 0.5) is 11.4 Å². The van der Waals surface area contributed by atoms with Gasteiger partial charge in [-0.25, -0.2) is 4.98 Å². The number of nitrogens with one attached hydrogen (secondary N) is 1. The van der Waals surface area contributed by atoms with Gasteiger partial charge in [0.25, 0.3) is 5.91 Å². The molecular weight excluding hydrogens is 216 g/mol. The van der Waals surface area contributed by atoms with Crippen LogP contribution in [-0.2, 0) is 0 Å². The Hall–Kier alpha value is -2.43. The third kappa shape index (κ3) is 2.78. The highest BCUT2D eigenvalue weighted by Gasteiger charge is 2.07. The maximum absolute atomic E-state index is 11.8. The molecule has 0 saturated heterocycles. The molecule has 1 heterocycles. The van der Waals surface area contributed by atoms with Crippen molar-refractivity contribution < 1.29 is 4.79 Å². The van der Waals surface area contributed by atoms with E-state index in [1.807, 2.05) is 6.92 Å². The number of hydrogen-bond donors (Lipinski definition) is 2. The van der Waals surface area contributed by atoms with Crippen molar-refractivity contribution in [2.24, 2.45) is 0 Å². The zero-order chi connectivity index (χ0) is 12.3. The monoisotopic (exact) mass is 228 g/mol. The fourth-order valence-corrected chi connectivity index (χ4v) is 1.27. The number of hydrogen-bond acceptors (Lipinski definition) is 4. The third-order valence-electron chi connectivity index (χ3n) is 2.18. The molecule has 3 N–H and O–H groups in total. The quantitative estimate of drug-likeness (QED) is 0.765. The second kappa shape index (κ2) is 4.61. The number of amides is 1. The van der Waals surface area contributed by atoms with Crippen molar-refractivity contribution in [3.63, 3.8) is 0 Å². The first-order chi connectivity index (χ1) is 8.15. The van der Waals surface area contributed by atoms with E-state index in [2.05, 4.69) is 15.3 Å². The summed E-state index contributed by atoms with van der Waals surface area (Å²) in [5.41, 5.74) is 7.93. The van der Waals surface area contributed by atoms with Crippen LogP contribution in [0.5, 0.6) is 0 Å². The third-order valence-corrected chi connectivity index (χ3v) is 2.18. The fourth-order valence-electron chi connectivity index (χ4n) is 1.27. The van der Waals surface area contributed by atoms with Crippen molar-refractivity contribution in [1.82, 2.24) is 9.97 Å². The summed E-state index contributed by atoms with van der Waals surface area (Å²) in [6.07, 6.45) is 3.00. The van der Waals surface area contributed by atoms with E-state index in [0.29, 0.717) is 11.4 Å². The zero-order valence-corrected chi connectivity index (χ0v) is 9.34. The van der Waals surface area contributed by atoms with Gasteiger partial charge >= 0.3 is 0 Å². The van der Waals surface area contributed by atoms with Gasteiger partial charge in [-0.05, 0) is 31.2 Å². The summed E-state index contributed by atoms with van der Waals surface area (Å²) in [5.74, 6) is -0.290. The van der Waals surface area contributed by atoms with E-state index in [9.17, 15) is 4.79 Å². The van der Waals surface area contributed by atoms with Gasteiger partial charge in [-0.2, -0.15) is 0 Å². The van der Waals surface area contributed by atoms with Crippen LogP contribution in [0.3, 0.4) is 0 Å². The van der Waals surface area contributed by atoms with Gasteiger partial charge in [0.05, 0.1) is 11.9 Å². The van der Waals surface area contributed by atoms with E-state index in [-0.39, 0.29) is 11.6 Å². The lowest BCUT2D eigenvalue weighted by molar-refractivity contribution is 0.102. The molecule has 86 valence electrons. The Kier molecular flexibility index (Phi) is 3.00. The highest BCUT2D eigenvalue weighted by atomic mass is 16.1. The van der Waals surface area contributed by atoms with Gasteiger partial charge in [0.15, 0.2) is 0 Å². The predicted octanol–water partition coefficient (Wildman–Crippen LogP) is 1.62. The van der Waals surface area contributed by atoms with Crippen LogP contribution in [-0.4, -0.2) is 15.9 Å². The van der Waals surface area contributed by atoms with E-state index in [4.69, 9.17) is 5.73 Å². The lowest BCUT2D eigenvalue weighted by Crippen LogP contribution is -2.14. The van der Waals surface area contributed by atoms with Crippen molar-refractivity contribution in [3.8, 4) is 0 Å². The Labute approximate surface area is 98.7 Å². The van der Waals surface area contributed by atoms with E-state index in [1.54, 1.807) is 30.5 Å². The van der Waals surface area contributed by atoms with E-state index < -0.39 is 0 Å². The Bertz CT molecular complexity index is 519. The molecular formula is C12H12N4O. The second-order valence-electron chi connectivity index (χ2n) is 3.62. The number of benzene rings is 1. The molecule has 0 bridgehead atoms. The number of rotatable bonds is 2. The normalized spacial score (nSPS) is 9.94. The van der Waals surface area contributed by atoms with E-state index in [1.165, 1.54) is 6.20 Å². The number of carbonyl (C=O) groups is 1. The van der Waals surface area contributed by atoms with E-state index in [0.717, 1.165) is 5.69 Å². The van der Waals surface area contributed by atoms with Crippen LogP contribution in [0.25, 0.3) is 0 Å². The summed E-state index contributed by atoms with van der Waals surface area (Å²) in [7, 11) is 0. The maximum Gasteiger partial charge on any atom is 0.275 e. The first-order valence-corrected chi connectivity index (χ1v) is 5.11. The molecule has 0 saturated carbocycles. The van der Waals surface area contributed by atoms with Gasteiger partial charge in [-0.3, -0.25) is 9.78 Å². The SMILES string of the molecule is Cc1cnc(C(=O)Nc2ccc(N)cc2)cn1. The number of carbonyl (C=O) groups excluding carboxylic acids is 1. The van der Waals surface area contributed by atoms with E-state index >= 15 is 0 Å². The van der Waals surface area contributed by atoms with Crippen molar-refractivity contribution in [1.29, 1.82) is 0 Å². The first kappa shape index (κ1) is 11.1. The van der Waals surface area contributed by atoms with Gasteiger partial charge in [0.1, 0.15) is 5.69 Å². The van der Waals surface area contributed by atoms with Crippen LogP contribution in [0.1, 0.15) is 16.2 Å². The molecule has 0 aliphatic carbocycles. The minimum atomic E-state index is -0.290. The average molecular weight is 228 g/mol. The first-order valence-electron chi connectivity index (χ1n) is 5.11. The largest absolute Gasteiger partial charge is 0.399 e. The van der Waals surface area contributed by atoms with Crippen molar-refractivity contribution >= 4 is 17.3 Å². The van der Waals surface area contributed by atoms with Crippen molar-refractivity contribution in [2.75, 3.05) is 11.1 Å². The van der Waals surface area contributed by atoms with Crippen LogP contribution < -0.4 is 11.1 Å². The van der Waals surface area contributed by atoms with Crippen molar-refractivity contribution in [2.45, 2.75) is 6.92 Å². The molecule has 0 aliphatic rings. The molecule has 0 atom stereocenters. The molecule has 2 rings (SSSR count). The number of nitrogens with two attached hydrogens (primary N) is 1. The summed E-state index contributed by atoms with van der Waals surface area (Å²) >= 11 is 0. The molecule has 2 aromatic rings. The molecule has 0 aliphatic heterocycles. The van der Waals surface area contributed by atoms with Crippen LogP contribution >= 0.6 is 0 Å². The van der Waals surface area contributed by atoms with Gasteiger partial charge in [0, 0.05) is 17.6 Å². The minimum absolute atomic E-state index is 0.285. The van der Waals surface area contributed by atoms with Crippen LogP contribution in [0.2, 0.25) is 0 Å². The predicted molar refractivity (Wildman–Crippen MR) is 65.6 cm³/mol. The molecule has 1 aromatic carbocycles. The molecule has 1 amide bonds. The van der Waals surface area contributed by atoms with Gasteiger partial charge < -0.3 is 11.1 Å². The molecule has 5 heteroatoms. The summed E-state index contributed by atoms with van der Waals surface area (Å²) in [4.78, 5) is 19.8. The highest BCUT2D eigenvalue weighted by Crippen LogP contribution is 2.11. The molecule has 0 spiro atoms. The van der Waals surface area contributed by atoms with Crippen LogP contribution in [0.15, 0.2) is 36.7 Å². The van der Waals surface area contributed by atoms with Crippen molar-refractivity contribution in [3.05, 3.63) is 48.0 Å². The number of aromatic nitrogens is 2. The summed E-state index contributed by atoms with van der Waals surface area (Å²) in [5, 5.41) is 2.71. The average Bonchev–Trinajstić information content (AvgIpc) is 2.33. The Balaban J connectivity index is 2.11. The molecule has 1 aromatic heterocycles. The molecule has 5 nitrogen and oxygen atoms in total. The lowest BCUT2D eigenvalue weighted by atomic mass is 10.3. The maximum atomic E-state index is 11.8. The summed E-state index contributed by atoms with van der Waals surface area (Å²) in [6, 6.07) is 6.90. The number of nitrogens with zero attached hydrogens (tertiary/aromatic N) is 2. The van der Waals surface area contributed by atoms with Gasteiger partial charge in [0.2, 0.25) is 0 Å². The van der Waals surface area contributed by atoms with Gasteiger partial charge in [-0.1, -0.05) is 0 Å². The lowest BCUT2D eigenvalue weighted by Gasteiger charge is -2.04. The Morgan fingerprint density at radius 1 is 1.18 bits per heavy atom. The Morgan fingerprint density at radius 3 is 2.47 bits per heavy atom. The minimum Gasteiger partial charge on any atom is -0.399 e. The topological polar surface area (TPSA) is 80.9 Å². The van der Waals surface area contributed by atoms with Gasteiger partial charge in [-0.15, -0.1) is 0 Å². The number of nitrogen functional groups attached to an aromatic ring is 1. The summed E-state index contributed by atoms with van der Waals surface area (Å²) in [6.45, 7) is 1.81. The molecule has 0 fully saturated rings. The smallest absolute Gasteiger partial charge is 0.275 e. The van der Waals surface area contributed by atoms with Crippen LogP contribution in [0, 0.1) is 6.92 Å². The Morgan fingerprint density at radius 2 is 1.88 bits per heavy atom. The molecule has 17 heavy (non-hydrogen) atoms. The highest BCUT2D eigenvalue weighted by molar-refractivity contribution is 6.02. The molecule has 0 radical (unpaired) electrons. The number of aryl methyl sites for hydroxylation is 1. The number of anilines is 2. The molecule has 0 unspecified atom stereocenters. The fraction of sp³-hybridized carbons (Fsp3) is 0.0833. The zero-order valence-electron chi connectivity index (χ0n) is 9.34. The standard InChI is InChI=1S/C12H12N4O/c1-8-6-15-11(7-14-8)12(17)16-10-4-2-9(13)3-5-10/h2-7H,13H2,1H3,(H,16,17). The second-order valence-corrected chi connectivity index (χ2v) is 3.62. The summed E-state index contributed by atoms with van der Waals surface area (Å²) < 4.78 is 0.